The van der Waals surface area contributed by atoms with Crippen molar-refractivity contribution in [3.8, 4) is 23.8 Å². The molecule has 3 heterocycles. The van der Waals surface area contributed by atoms with E-state index in [2.05, 4.69) is 11.0 Å². The van der Waals surface area contributed by atoms with Crippen molar-refractivity contribution in [1.82, 2.24) is 14.3 Å². The Morgan fingerprint density at radius 1 is 0.958 bits per heavy atom. The van der Waals surface area contributed by atoms with Crippen LogP contribution in [0.1, 0.15) is 56.8 Å². The minimum absolute atomic E-state index is 0.0788. The van der Waals surface area contributed by atoms with Crippen molar-refractivity contribution in [3.63, 3.8) is 0 Å². The average molecular weight is 732 g/mol. The number of fused-ring (bicyclic) bond motifs is 1. The standard InChI is InChI=1S/C19H17Cl2NO4.C15H13Cl2N3O2/c1-2-26-19(25)16(21)10-11-9-12(7-8-15(11)20)22-17(23)13-5-3-4-6-14(13)18(22)24;1-2-7-22-13-9-12(10(16)8-11(13)17)20-15(21)19-6-4-3-5-14(19)18-20/h7-10H,2-6H2,1H3;1,8-9H,3-7H2/b16-10-;. The first kappa shape index (κ1) is 35.3. The van der Waals surface area contributed by atoms with E-state index < -0.39 is 5.97 Å². The Kier molecular flexibility index (Phi) is 11.4. The van der Waals surface area contributed by atoms with Gasteiger partial charge in [-0.15, -0.1) is 11.5 Å². The van der Waals surface area contributed by atoms with Gasteiger partial charge in [-0.2, -0.15) is 4.68 Å². The van der Waals surface area contributed by atoms with Crippen molar-refractivity contribution in [2.45, 2.75) is 58.4 Å². The Balaban J connectivity index is 0.000000190. The van der Waals surface area contributed by atoms with Gasteiger partial charge in [0.05, 0.1) is 28.0 Å². The van der Waals surface area contributed by atoms with Crippen LogP contribution in [0.3, 0.4) is 0 Å². The maximum Gasteiger partial charge on any atom is 0.350 e. The number of benzene rings is 2. The normalized spacial score (nSPS) is 15.8. The first-order chi connectivity index (χ1) is 23.0. The summed E-state index contributed by atoms with van der Waals surface area (Å²) in [6.45, 7) is 2.63. The van der Waals surface area contributed by atoms with E-state index in [0.29, 0.717) is 68.3 Å². The van der Waals surface area contributed by atoms with Crippen molar-refractivity contribution in [2.75, 3.05) is 18.1 Å². The summed E-state index contributed by atoms with van der Waals surface area (Å²) in [4.78, 5) is 50.6. The Labute approximate surface area is 296 Å². The van der Waals surface area contributed by atoms with E-state index in [1.807, 2.05) is 0 Å². The molecule has 0 saturated carbocycles. The molecule has 0 unspecified atom stereocenters. The number of hydrogen-bond donors (Lipinski definition) is 0. The Bertz CT molecular complexity index is 1930. The zero-order chi connectivity index (χ0) is 34.5. The number of nitrogens with zero attached hydrogens (tertiary/aromatic N) is 4. The molecule has 48 heavy (non-hydrogen) atoms. The fraction of sp³-hybridized carbons (Fsp3) is 0.324. The third-order valence-corrected chi connectivity index (χ3v) is 9.10. The lowest BCUT2D eigenvalue weighted by Crippen LogP contribution is -2.31. The van der Waals surface area contributed by atoms with E-state index >= 15 is 0 Å². The van der Waals surface area contributed by atoms with Gasteiger partial charge in [-0.3, -0.25) is 14.2 Å². The first-order valence-electron chi connectivity index (χ1n) is 15.2. The smallest absolute Gasteiger partial charge is 0.350 e. The summed E-state index contributed by atoms with van der Waals surface area (Å²) < 4.78 is 13.2. The third kappa shape index (κ3) is 7.35. The van der Waals surface area contributed by atoms with Crippen molar-refractivity contribution in [2.24, 2.45) is 0 Å². The Hall–Kier alpha value is -4.01. The van der Waals surface area contributed by atoms with Gasteiger partial charge in [0.1, 0.15) is 23.2 Å². The topological polar surface area (TPSA) is 113 Å². The van der Waals surface area contributed by atoms with E-state index in [1.54, 1.807) is 35.8 Å². The van der Waals surface area contributed by atoms with Crippen LogP contribution in [0.4, 0.5) is 5.69 Å². The van der Waals surface area contributed by atoms with Gasteiger partial charge in [-0.25, -0.2) is 14.5 Å². The summed E-state index contributed by atoms with van der Waals surface area (Å²) in [6, 6.07) is 7.85. The number of halogens is 4. The van der Waals surface area contributed by atoms with Crippen LogP contribution in [0, 0.1) is 12.3 Å². The van der Waals surface area contributed by atoms with Gasteiger partial charge in [0.25, 0.3) is 11.8 Å². The van der Waals surface area contributed by atoms with E-state index in [0.717, 1.165) is 37.9 Å². The molecule has 0 fully saturated rings. The summed E-state index contributed by atoms with van der Waals surface area (Å²) in [6.07, 6.45) is 12.4. The summed E-state index contributed by atoms with van der Waals surface area (Å²) in [5.74, 6) is 2.29. The summed E-state index contributed by atoms with van der Waals surface area (Å²) in [5.41, 5.74) is 2.27. The van der Waals surface area contributed by atoms with Gasteiger partial charge in [-0.05, 0) is 81.4 Å². The van der Waals surface area contributed by atoms with E-state index in [4.69, 9.17) is 62.3 Å². The Morgan fingerprint density at radius 2 is 1.65 bits per heavy atom. The molecule has 0 bridgehead atoms. The fourth-order valence-electron chi connectivity index (χ4n) is 5.62. The predicted molar refractivity (Wildman–Crippen MR) is 185 cm³/mol. The van der Waals surface area contributed by atoms with Gasteiger partial charge in [0, 0.05) is 35.2 Å². The number of esters is 1. The Morgan fingerprint density at radius 3 is 2.29 bits per heavy atom. The number of aromatic nitrogens is 3. The van der Waals surface area contributed by atoms with Crippen LogP contribution in [0.15, 0.2) is 51.3 Å². The second kappa shape index (κ2) is 15.5. The van der Waals surface area contributed by atoms with Crippen molar-refractivity contribution in [3.05, 3.63) is 83.5 Å². The molecular formula is C34H30Cl4N4O6. The monoisotopic (exact) mass is 730 g/mol. The number of carbonyl (C=O) groups excluding carboxylic acids is 3. The molecule has 0 atom stereocenters. The molecule has 0 spiro atoms. The molecule has 2 aromatic carbocycles. The number of anilines is 1. The lowest BCUT2D eigenvalue weighted by molar-refractivity contribution is -0.137. The second-order valence-corrected chi connectivity index (χ2v) is 12.6. The van der Waals surface area contributed by atoms with Crippen LogP contribution in [-0.4, -0.2) is 45.3 Å². The number of aryl methyl sites for hydroxylation is 1. The minimum Gasteiger partial charge on any atom is -0.479 e. The summed E-state index contributed by atoms with van der Waals surface area (Å²) >= 11 is 24.4. The van der Waals surface area contributed by atoms with Crippen molar-refractivity contribution < 1.29 is 23.9 Å². The molecule has 3 aliphatic rings. The predicted octanol–water partition coefficient (Wildman–Crippen LogP) is 6.92. The largest absolute Gasteiger partial charge is 0.479 e. The van der Waals surface area contributed by atoms with Gasteiger partial charge in [0.15, 0.2) is 0 Å². The zero-order valence-electron chi connectivity index (χ0n) is 25.9. The number of rotatable bonds is 7. The molecule has 2 amide bonds. The van der Waals surface area contributed by atoms with Gasteiger partial charge in [-0.1, -0.05) is 52.3 Å². The number of ether oxygens (including phenoxy) is 2. The van der Waals surface area contributed by atoms with Crippen LogP contribution in [0.2, 0.25) is 15.1 Å². The molecule has 0 N–H and O–H groups in total. The van der Waals surface area contributed by atoms with Crippen LogP contribution in [-0.2, 0) is 32.1 Å². The number of carbonyl (C=O) groups is 3. The van der Waals surface area contributed by atoms with Crippen LogP contribution in [0.5, 0.6) is 5.75 Å². The number of amides is 2. The first-order valence-corrected chi connectivity index (χ1v) is 16.8. The molecule has 10 nitrogen and oxygen atoms in total. The molecular weight excluding hydrogens is 702 g/mol. The number of terminal acetylenes is 1. The quantitative estimate of drug-likeness (QED) is 0.112. The lowest BCUT2D eigenvalue weighted by atomic mass is 9.93. The second-order valence-electron chi connectivity index (χ2n) is 11.0. The highest BCUT2D eigenvalue weighted by atomic mass is 35.5. The van der Waals surface area contributed by atoms with Crippen molar-refractivity contribution >= 4 is 76.0 Å². The van der Waals surface area contributed by atoms with Crippen molar-refractivity contribution in [1.29, 1.82) is 0 Å². The molecule has 14 heteroatoms. The minimum atomic E-state index is -0.666. The molecule has 1 aliphatic carbocycles. The lowest BCUT2D eigenvalue weighted by Gasteiger charge is -2.16. The summed E-state index contributed by atoms with van der Waals surface area (Å²) in [7, 11) is 0. The molecule has 2 aliphatic heterocycles. The number of hydrogen-bond acceptors (Lipinski definition) is 7. The molecule has 1 aromatic heterocycles. The van der Waals surface area contributed by atoms with Gasteiger partial charge >= 0.3 is 11.7 Å². The van der Waals surface area contributed by atoms with Crippen LogP contribution >= 0.6 is 46.4 Å². The van der Waals surface area contributed by atoms with Crippen LogP contribution in [0.25, 0.3) is 11.8 Å². The van der Waals surface area contributed by atoms with E-state index in [1.165, 1.54) is 21.7 Å². The maximum absolute atomic E-state index is 12.7. The zero-order valence-corrected chi connectivity index (χ0v) is 28.9. The molecule has 3 aromatic rings. The highest BCUT2D eigenvalue weighted by Crippen LogP contribution is 2.37. The number of imide groups is 1. The summed E-state index contributed by atoms with van der Waals surface area (Å²) in [5, 5.41) is 5.24. The SMILES string of the molecule is C#CCOc1cc(-n2nc3n(c2=O)CCCC3)c(Cl)cc1Cl.CCOC(=O)/C(Cl)=C/c1cc(N2C(=O)C3=C(CCCC3)C2=O)ccc1Cl. The average Bonchev–Trinajstić information content (AvgIpc) is 3.54. The maximum atomic E-state index is 12.7. The molecule has 6 rings (SSSR count). The van der Waals surface area contributed by atoms with E-state index in [-0.39, 0.29) is 35.8 Å². The molecule has 0 radical (unpaired) electrons. The highest BCUT2D eigenvalue weighted by molar-refractivity contribution is 6.44. The van der Waals surface area contributed by atoms with Gasteiger partial charge < -0.3 is 9.47 Å². The third-order valence-electron chi connectivity index (χ3n) is 7.89. The van der Waals surface area contributed by atoms with E-state index in [9.17, 15) is 19.2 Å². The van der Waals surface area contributed by atoms with Crippen LogP contribution < -0.4 is 15.3 Å². The molecule has 250 valence electrons. The van der Waals surface area contributed by atoms with Gasteiger partial charge in [0.2, 0.25) is 0 Å². The molecule has 0 saturated heterocycles. The highest BCUT2D eigenvalue weighted by Gasteiger charge is 2.39. The fourth-order valence-corrected chi connectivity index (χ4v) is 6.48.